The van der Waals surface area contributed by atoms with Crippen LogP contribution < -0.4 is 10.6 Å². The lowest BCUT2D eigenvalue weighted by Crippen LogP contribution is -2.40. The highest BCUT2D eigenvalue weighted by Crippen LogP contribution is 2.17. The van der Waals surface area contributed by atoms with Gasteiger partial charge in [0.15, 0.2) is 0 Å². The second kappa shape index (κ2) is 7.11. The van der Waals surface area contributed by atoms with Crippen LogP contribution in [0.3, 0.4) is 0 Å². The lowest BCUT2D eigenvalue weighted by Gasteiger charge is -2.05. The van der Waals surface area contributed by atoms with Crippen molar-refractivity contribution >= 4 is 34.1 Å². The van der Waals surface area contributed by atoms with Gasteiger partial charge < -0.3 is 15.6 Å². The number of hydrogen-bond donors (Lipinski definition) is 3. The maximum Gasteiger partial charge on any atom is 0.309 e. The molecule has 0 aliphatic rings. The van der Waals surface area contributed by atoms with E-state index in [1.165, 1.54) is 0 Å². The van der Waals surface area contributed by atoms with E-state index in [0.29, 0.717) is 19.5 Å². The third kappa shape index (κ3) is 3.78. The van der Waals surface area contributed by atoms with E-state index in [0.717, 1.165) is 21.3 Å². The molecule has 6 heteroatoms. The largest absolute Gasteiger partial charge is 0.361 e. The van der Waals surface area contributed by atoms with Crippen LogP contribution in [0.2, 0.25) is 0 Å². The Labute approximate surface area is 137 Å². The van der Waals surface area contributed by atoms with Crippen LogP contribution in [0.1, 0.15) is 10.4 Å². The highest BCUT2D eigenvalue weighted by molar-refractivity contribution is 7.09. The number of benzene rings is 1. The number of para-hydroxylation sites is 1. The Hall–Kier alpha value is -2.60. The van der Waals surface area contributed by atoms with E-state index < -0.39 is 11.8 Å². The zero-order valence-corrected chi connectivity index (χ0v) is 13.3. The van der Waals surface area contributed by atoms with Gasteiger partial charge in [0, 0.05) is 28.5 Å². The average Bonchev–Trinajstić information content (AvgIpc) is 3.22. The van der Waals surface area contributed by atoms with Gasteiger partial charge in [-0.2, -0.15) is 0 Å². The van der Waals surface area contributed by atoms with Crippen LogP contribution in [-0.2, 0) is 22.6 Å². The van der Waals surface area contributed by atoms with Crippen LogP contribution >= 0.6 is 11.3 Å². The van der Waals surface area contributed by atoms with Gasteiger partial charge in [0.1, 0.15) is 0 Å². The molecule has 118 valence electrons. The number of rotatable bonds is 5. The summed E-state index contributed by atoms with van der Waals surface area (Å²) >= 11 is 1.54. The van der Waals surface area contributed by atoms with Crippen molar-refractivity contribution in [1.29, 1.82) is 0 Å². The number of carbonyl (C=O) groups is 2. The molecule has 0 fully saturated rings. The fourth-order valence-electron chi connectivity index (χ4n) is 2.39. The summed E-state index contributed by atoms with van der Waals surface area (Å²) in [5.41, 5.74) is 2.20. The van der Waals surface area contributed by atoms with Crippen LogP contribution in [0, 0.1) is 0 Å². The van der Waals surface area contributed by atoms with Crippen molar-refractivity contribution in [3.05, 3.63) is 58.4 Å². The van der Waals surface area contributed by atoms with Gasteiger partial charge in [-0.25, -0.2) is 0 Å². The molecule has 1 aromatic carbocycles. The summed E-state index contributed by atoms with van der Waals surface area (Å²) in [7, 11) is 0. The fourth-order valence-corrected chi connectivity index (χ4v) is 3.03. The molecule has 5 nitrogen and oxygen atoms in total. The lowest BCUT2D eigenvalue weighted by molar-refractivity contribution is -0.139. The maximum atomic E-state index is 11.8. The predicted octanol–water partition coefficient (Wildman–Crippen LogP) is 2.20. The van der Waals surface area contributed by atoms with Gasteiger partial charge in [0.05, 0.1) is 6.54 Å². The highest BCUT2D eigenvalue weighted by Gasteiger charge is 2.12. The summed E-state index contributed by atoms with van der Waals surface area (Å²) < 4.78 is 0. The number of fused-ring (bicyclic) bond motifs is 1. The number of nitrogens with one attached hydrogen (secondary N) is 3. The zero-order chi connectivity index (χ0) is 16.1. The quantitative estimate of drug-likeness (QED) is 0.629. The van der Waals surface area contributed by atoms with Crippen molar-refractivity contribution < 1.29 is 9.59 Å². The van der Waals surface area contributed by atoms with Crippen molar-refractivity contribution in [2.75, 3.05) is 6.54 Å². The second-order valence-electron chi connectivity index (χ2n) is 5.13. The third-order valence-electron chi connectivity index (χ3n) is 3.56. The van der Waals surface area contributed by atoms with E-state index in [1.807, 2.05) is 48.0 Å². The predicted molar refractivity (Wildman–Crippen MR) is 91.2 cm³/mol. The molecule has 0 radical (unpaired) electrons. The number of thiophene rings is 1. The maximum absolute atomic E-state index is 11.8. The molecule has 0 spiro atoms. The minimum absolute atomic E-state index is 0.381. The van der Waals surface area contributed by atoms with Gasteiger partial charge >= 0.3 is 11.8 Å². The molecule has 0 unspecified atom stereocenters. The van der Waals surface area contributed by atoms with Crippen molar-refractivity contribution in [2.45, 2.75) is 13.0 Å². The summed E-state index contributed by atoms with van der Waals surface area (Å²) in [6, 6.07) is 11.8. The van der Waals surface area contributed by atoms with Gasteiger partial charge in [-0.1, -0.05) is 24.3 Å². The summed E-state index contributed by atoms with van der Waals surface area (Å²) in [5, 5.41) is 8.34. The molecule has 23 heavy (non-hydrogen) atoms. The number of amides is 2. The Morgan fingerprint density at radius 2 is 1.87 bits per heavy atom. The molecule has 0 bridgehead atoms. The first-order chi connectivity index (χ1) is 11.2. The molecule has 2 aromatic heterocycles. The van der Waals surface area contributed by atoms with Crippen LogP contribution in [0.4, 0.5) is 0 Å². The highest BCUT2D eigenvalue weighted by atomic mass is 32.1. The molecule has 3 rings (SSSR count). The molecule has 2 amide bonds. The Balaban J connectivity index is 1.46. The number of aromatic amines is 1. The van der Waals surface area contributed by atoms with E-state index in [1.54, 1.807) is 11.3 Å². The molecule has 0 aliphatic heterocycles. The molecular weight excluding hydrogens is 310 g/mol. The first-order valence-electron chi connectivity index (χ1n) is 7.37. The summed E-state index contributed by atoms with van der Waals surface area (Å²) in [6.07, 6.45) is 2.61. The van der Waals surface area contributed by atoms with Crippen LogP contribution in [0.5, 0.6) is 0 Å². The van der Waals surface area contributed by atoms with Gasteiger partial charge in [-0.05, 0) is 29.5 Å². The van der Waals surface area contributed by atoms with Crippen LogP contribution in [0.15, 0.2) is 48.0 Å². The monoisotopic (exact) mass is 327 g/mol. The topological polar surface area (TPSA) is 74.0 Å². The minimum atomic E-state index is -0.600. The van der Waals surface area contributed by atoms with Gasteiger partial charge in [0.25, 0.3) is 0 Å². The second-order valence-corrected chi connectivity index (χ2v) is 6.16. The normalized spacial score (nSPS) is 10.6. The Bertz CT molecular complexity index is 808. The number of aromatic nitrogens is 1. The summed E-state index contributed by atoms with van der Waals surface area (Å²) in [4.78, 5) is 27.7. The van der Waals surface area contributed by atoms with E-state index in [2.05, 4.69) is 15.6 Å². The molecule has 0 saturated carbocycles. The molecule has 3 aromatic rings. The average molecular weight is 327 g/mol. The Morgan fingerprint density at radius 3 is 2.70 bits per heavy atom. The summed E-state index contributed by atoms with van der Waals surface area (Å²) in [5.74, 6) is -1.20. The van der Waals surface area contributed by atoms with Crippen molar-refractivity contribution in [1.82, 2.24) is 15.6 Å². The van der Waals surface area contributed by atoms with Crippen LogP contribution in [-0.4, -0.2) is 23.3 Å². The van der Waals surface area contributed by atoms with Crippen LogP contribution in [0.25, 0.3) is 10.9 Å². The molecule has 0 aliphatic carbocycles. The molecular formula is C17H17N3O2S. The summed E-state index contributed by atoms with van der Waals surface area (Å²) in [6.45, 7) is 0.805. The molecule has 0 saturated heterocycles. The first kappa shape index (κ1) is 15.3. The zero-order valence-electron chi connectivity index (χ0n) is 12.5. The molecule has 2 heterocycles. The number of H-pyrrole nitrogens is 1. The number of hydrogen-bond acceptors (Lipinski definition) is 3. The van der Waals surface area contributed by atoms with E-state index in [-0.39, 0.29) is 0 Å². The Morgan fingerprint density at radius 1 is 1.04 bits per heavy atom. The van der Waals surface area contributed by atoms with E-state index >= 15 is 0 Å². The third-order valence-corrected chi connectivity index (χ3v) is 4.44. The lowest BCUT2D eigenvalue weighted by atomic mass is 10.1. The molecule has 3 N–H and O–H groups in total. The first-order valence-corrected chi connectivity index (χ1v) is 8.25. The number of carbonyl (C=O) groups excluding carboxylic acids is 2. The van der Waals surface area contributed by atoms with Crippen molar-refractivity contribution in [3.8, 4) is 0 Å². The fraction of sp³-hybridized carbons (Fsp3) is 0.176. The van der Waals surface area contributed by atoms with E-state index in [9.17, 15) is 9.59 Å². The standard InChI is InChI=1S/C17H17N3O2S/c21-16(17(22)20-11-13-4-3-9-23-13)18-8-7-12-10-19-15-6-2-1-5-14(12)15/h1-6,9-10,19H,7-8,11H2,(H,18,21)(H,20,22). The smallest absolute Gasteiger partial charge is 0.309 e. The van der Waals surface area contributed by atoms with Crippen molar-refractivity contribution in [3.63, 3.8) is 0 Å². The molecule has 0 atom stereocenters. The SMILES string of the molecule is O=C(NCCc1c[nH]c2ccccc12)C(=O)NCc1cccs1. The van der Waals surface area contributed by atoms with E-state index in [4.69, 9.17) is 0 Å². The Kier molecular flexibility index (Phi) is 4.73. The van der Waals surface area contributed by atoms with Gasteiger partial charge in [-0.15, -0.1) is 11.3 Å². The van der Waals surface area contributed by atoms with Gasteiger partial charge in [0.2, 0.25) is 0 Å². The minimum Gasteiger partial charge on any atom is -0.361 e. The van der Waals surface area contributed by atoms with Gasteiger partial charge in [-0.3, -0.25) is 9.59 Å². The van der Waals surface area contributed by atoms with Crippen molar-refractivity contribution in [2.24, 2.45) is 0 Å².